The summed E-state index contributed by atoms with van der Waals surface area (Å²) in [5.74, 6) is -0.177. The van der Waals surface area contributed by atoms with Crippen molar-refractivity contribution in [3.63, 3.8) is 0 Å². The molecule has 0 saturated carbocycles. The highest BCUT2D eigenvalue weighted by molar-refractivity contribution is 6.31. The minimum absolute atomic E-state index is 0.118. The third-order valence-electron chi connectivity index (χ3n) is 2.51. The average molecular weight is 265 g/mol. The van der Waals surface area contributed by atoms with Gasteiger partial charge in [-0.25, -0.2) is 0 Å². The Bertz CT molecular complexity index is 579. The fourth-order valence-electron chi connectivity index (χ4n) is 1.54. The van der Waals surface area contributed by atoms with Gasteiger partial charge in [0, 0.05) is 11.4 Å². The lowest BCUT2D eigenvalue weighted by molar-refractivity contribution is -0.116. The van der Waals surface area contributed by atoms with E-state index in [-0.39, 0.29) is 12.5 Å². The highest BCUT2D eigenvalue weighted by Crippen LogP contribution is 2.14. The van der Waals surface area contributed by atoms with Crippen molar-refractivity contribution in [2.45, 2.75) is 13.5 Å². The molecule has 0 aliphatic rings. The van der Waals surface area contributed by atoms with E-state index in [2.05, 4.69) is 10.4 Å². The van der Waals surface area contributed by atoms with Crippen molar-refractivity contribution in [3.05, 3.63) is 41.2 Å². The summed E-state index contributed by atoms with van der Waals surface area (Å²) in [6, 6.07) is 7.01. The van der Waals surface area contributed by atoms with Gasteiger partial charge in [0.1, 0.15) is 6.54 Å². The highest BCUT2D eigenvalue weighted by Gasteiger charge is 2.08. The van der Waals surface area contributed by atoms with Crippen LogP contribution in [0.1, 0.15) is 5.69 Å². The molecule has 0 aliphatic heterocycles. The Morgan fingerprint density at radius 3 is 2.94 bits per heavy atom. The Balaban J connectivity index is 2.03. The van der Waals surface area contributed by atoms with Crippen LogP contribution in [0.15, 0.2) is 30.5 Å². The van der Waals surface area contributed by atoms with E-state index in [1.54, 1.807) is 28.9 Å². The molecule has 0 radical (unpaired) electrons. The zero-order chi connectivity index (χ0) is 13.1. The Kier molecular flexibility index (Phi) is 3.53. The predicted molar refractivity (Wildman–Crippen MR) is 71.5 cm³/mol. The molecule has 1 heterocycles. The van der Waals surface area contributed by atoms with Crippen molar-refractivity contribution >= 4 is 28.9 Å². The quantitative estimate of drug-likeness (QED) is 0.834. The minimum Gasteiger partial charge on any atom is -0.399 e. The minimum atomic E-state index is -0.177. The van der Waals surface area contributed by atoms with Crippen LogP contribution in [-0.2, 0) is 11.3 Å². The van der Waals surface area contributed by atoms with Gasteiger partial charge in [-0.1, -0.05) is 17.7 Å². The van der Waals surface area contributed by atoms with Crippen LogP contribution in [0.4, 0.5) is 11.4 Å². The maximum Gasteiger partial charge on any atom is 0.246 e. The van der Waals surface area contributed by atoms with E-state index >= 15 is 0 Å². The Morgan fingerprint density at radius 2 is 2.33 bits per heavy atom. The predicted octanol–water partition coefficient (Wildman–Crippen LogP) is 2.07. The molecule has 1 aromatic heterocycles. The zero-order valence-electron chi connectivity index (χ0n) is 9.85. The van der Waals surface area contributed by atoms with Crippen molar-refractivity contribution in [2.24, 2.45) is 0 Å². The van der Waals surface area contributed by atoms with Crippen LogP contribution in [0.5, 0.6) is 0 Å². The fourth-order valence-corrected chi connectivity index (χ4v) is 1.68. The first-order valence-corrected chi connectivity index (χ1v) is 5.77. The van der Waals surface area contributed by atoms with Gasteiger partial charge in [-0.05, 0) is 25.1 Å². The van der Waals surface area contributed by atoms with Gasteiger partial charge in [0.05, 0.1) is 16.9 Å². The first kappa shape index (κ1) is 12.4. The lowest BCUT2D eigenvalue weighted by Crippen LogP contribution is -2.20. The number of nitrogens with one attached hydrogen (secondary N) is 1. The molecule has 1 aromatic carbocycles. The molecule has 2 rings (SSSR count). The van der Waals surface area contributed by atoms with E-state index in [1.807, 2.05) is 6.92 Å². The number of aromatic nitrogens is 2. The molecule has 0 spiro atoms. The molecule has 0 fully saturated rings. The summed E-state index contributed by atoms with van der Waals surface area (Å²) >= 11 is 5.86. The molecule has 3 N–H and O–H groups in total. The van der Waals surface area contributed by atoms with Gasteiger partial charge >= 0.3 is 0 Å². The maximum atomic E-state index is 11.8. The largest absolute Gasteiger partial charge is 0.399 e. The lowest BCUT2D eigenvalue weighted by atomic mass is 10.3. The van der Waals surface area contributed by atoms with Crippen LogP contribution < -0.4 is 11.1 Å². The summed E-state index contributed by atoms with van der Waals surface area (Å²) in [4.78, 5) is 11.8. The van der Waals surface area contributed by atoms with Crippen molar-refractivity contribution in [3.8, 4) is 0 Å². The van der Waals surface area contributed by atoms with Gasteiger partial charge in [-0.2, -0.15) is 5.10 Å². The van der Waals surface area contributed by atoms with E-state index in [1.165, 1.54) is 6.20 Å². The second kappa shape index (κ2) is 5.10. The fraction of sp³-hybridized carbons (Fsp3) is 0.167. The van der Waals surface area contributed by atoms with E-state index in [9.17, 15) is 4.79 Å². The van der Waals surface area contributed by atoms with Gasteiger partial charge < -0.3 is 11.1 Å². The number of amides is 1. The number of nitrogens with zero attached hydrogens (tertiary/aromatic N) is 2. The van der Waals surface area contributed by atoms with E-state index < -0.39 is 0 Å². The third-order valence-corrected chi connectivity index (χ3v) is 2.88. The lowest BCUT2D eigenvalue weighted by Gasteiger charge is -2.07. The molecule has 6 heteroatoms. The van der Waals surface area contributed by atoms with E-state index in [0.717, 1.165) is 5.69 Å². The van der Waals surface area contributed by atoms with Crippen LogP contribution in [0.2, 0.25) is 5.02 Å². The van der Waals surface area contributed by atoms with Crippen LogP contribution in [0.25, 0.3) is 0 Å². The van der Waals surface area contributed by atoms with Crippen LogP contribution in [-0.4, -0.2) is 15.7 Å². The maximum absolute atomic E-state index is 11.8. The number of benzene rings is 1. The summed E-state index contributed by atoms with van der Waals surface area (Å²) in [6.07, 6.45) is 1.52. The Hall–Kier alpha value is -2.01. The summed E-state index contributed by atoms with van der Waals surface area (Å²) < 4.78 is 1.55. The average Bonchev–Trinajstić information content (AvgIpc) is 2.61. The SMILES string of the molecule is Cc1c(Cl)cnn1CC(=O)Nc1cccc(N)c1. The molecule has 0 unspecified atom stereocenters. The molecular weight excluding hydrogens is 252 g/mol. The highest BCUT2D eigenvalue weighted by atomic mass is 35.5. The first-order chi connectivity index (χ1) is 8.56. The van der Waals surface area contributed by atoms with Crippen LogP contribution in [0.3, 0.4) is 0 Å². The molecule has 0 saturated heterocycles. The molecule has 18 heavy (non-hydrogen) atoms. The number of hydrogen-bond acceptors (Lipinski definition) is 3. The summed E-state index contributed by atoms with van der Waals surface area (Å²) in [6.45, 7) is 1.93. The van der Waals surface area contributed by atoms with Gasteiger partial charge in [-0.3, -0.25) is 9.48 Å². The molecule has 1 amide bonds. The third kappa shape index (κ3) is 2.81. The number of hydrogen-bond donors (Lipinski definition) is 2. The molecule has 94 valence electrons. The zero-order valence-corrected chi connectivity index (χ0v) is 10.6. The number of anilines is 2. The summed E-state index contributed by atoms with van der Waals surface area (Å²) in [5.41, 5.74) is 7.66. The number of nitrogens with two attached hydrogens (primary N) is 1. The number of rotatable bonds is 3. The molecule has 0 atom stereocenters. The van der Waals surface area contributed by atoms with Gasteiger partial charge in [0.15, 0.2) is 0 Å². The van der Waals surface area contributed by atoms with Crippen LogP contribution >= 0.6 is 11.6 Å². The number of carbonyl (C=O) groups is 1. The van der Waals surface area contributed by atoms with E-state index in [4.69, 9.17) is 17.3 Å². The Labute approximate surface area is 110 Å². The molecule has 0 bridgehead atoms. The second-order valence-corrected chi connectivity index (χ2v) is 4.32. The second-order valence-electron chi connectivity index (χ2n) is 3.91. The monoisotopic (exact) mass is 264 g/mol. The molecule has 0 aliphatic carbocycles. The van der Waals surface area contributed by atoms with E-state index in [0.29, 0.717) is 16.4 Å². The number of carbonyl (C=O) groups excluding carboxylic acids is 1. The first-order valence-electron chi connectivity index (χ1n) is 5.39. The van der Waals surface area contributed by atoms with Gasteiger partial charge in [0.25, 0.3) is 0 Å². The van der Waals surface area contributed by atoms with Gasteiger partial charge in [0.2, 0.25) is 5.91 Å². The summed E-state index contributed by atoms with van der Waals surface area (Å²) in [5, 5.41) is 7.31. The Morgan fingerprint density at radius 1 is 1.56 bits per heavy atom. The van der Waals surface area contributed by atoms with Crippen molar-refractivity contribution in [1.82, 2.24) is 9.78 Å². The van der Waals surface area contributed by atoms with Crippen molar-refractivity contribution in [2.75, 3.05) is 11.1 Å². The summed E-state index contributed by atoms with van der Waals surface area (Å²) in [7, 11) is 0. The number of nitrogen functional groups attached to an aromatic ring is 1. The number of halogens is 1. The molecular formula is C12H13ClN4O. The standard InChI is InChI=1S/C12H13ClN4O/c1-8-11(13)6-15-17(8)7-12(18)16-10-4-2-3-9(14)5-10/h2-6H,7,14H2,1H3,(H,16,18). The van der Waals surface area contributed by atoms with Crippen molar-refractivity contribution < 1.29 is 4.79 Å². The molecule has 2 aromatic rings. The molecule has 5 nitrogen and oxygen atoms in total. The normalized spacial score (nSPS) is 10.3. The van der Waals surface area contributed by atoms with Gasteiger partial charge in [-0.15, -0.1) is 0 Å². The topological polar surface area (TPSA) is 72.9 Å². The van der Waals surface area contributed by atoms with Crippen molar-refractivity contribution in [1.29, 1.82) is 0 Å². The smallest absolute Gasteiger partial charge is 0.246 e. The van der Waals surface area contributed by atoms with Crippen LogP contribution in [0, 0.1) is 6.92 Å².